The van der Waals surface area contributed by atoms with Crippen LogP contribution in [0.4, 0.5) is 0 Å². The van der Waals surface area contributed by atoms with Crippen molar-refractivity contribution >= 4 is 5.97 Å². The number of carboxylic acids is 1. The highest BCUT2D eigenvalue weighted by Crippen LogP contribution is 2.27. The smallest absolute Gasteiger partial charge is 0.306 e. The van der Waals surface area contributed by atoms with Gasteiger partial charge in [0.1, 0.15) is 0 Å². The zero-order valence-electron chi connectivity index (χ0n) is 11.4. The van der Waals surface area contributed by atoms with Crippen molar-refractivity contribution in [2.24, 2.45) is 13.0 Å². The van der Waals surface area contributed by atoms with Gasteiger partial charge >= 0.3 is 5.97 Å². The number of hydrogen-bond donors (Lipinski definition) is 1. The summed E-state index contributed by atoms with van der Waals surface area (Å²) in [6, 6.07) is 8.07. The minimum atomic E-state index is -0.790. The van der Waals surface area contributed by atoms with Crippen molar-refractivity contribution in [3.05, 3.63) is 41.7 Å². The summed E-state index contributed by atoms with van der Waals surface area (Å²) in [6.07, 6.45) is 2.39. The third kappa shape index (κ3) is 2.84. The van der Waals surface area contributed by atoms with Gasteiger partial charge in [-0.2, -0.15) is 5.10 Å². The van der Waals surface area contributed by atoms with Gasteiger partial charge in [0.25, 0.3) is 0 Å². The molecule has 1 atom stereocenters. The molecule has 4 heteroatoms. The molecule has 1 unspecified atom stereocenters. The van der Waals surface area contributed by atoms with Crippen molar-refractivity contribution in [1.82, 2.24) is 9.78 Å². The second kappa shape index (κ2) is 5.26. The number of carbonyl (C=O) groups is 1. The Labute approximate surface area is 112 Å². The van der Waals surface area contributed by atoms with E-state index in [1.165, 1.54) is 5.56 Å². The van der Waals surface area contributed by atoms with Crippen molar-refractivity contribution in [3.63, 3.8) is 0 Å². The number of rotatable bonds is 4. The van der Waals surface area contributed by atoms with Gasteiger partial charge in [0.15, 0.2) is 0 Å². The van der Waals surface area contributed by atoms with Crippen LogP contribution in [0.15, 0.2) is 30.5 Å². The van der Waals surface area contributed by atoms with Crippen LogP contribution in [0.5, 0.6) is 0 Å². The van der Waals surface area contributed by atoms with Gasteiger partial charge in [0, 0.05) is 25.2 Å². The van der Waals surface area contributed by atoms with Crippen LogP contribution >= 0.6 is 0 Å². The van der Waals surface area contributed by atoms with Gasteiger partial charge in [-0.15, -0.1) is 0 Å². The van der Waals surface area contributed by atoms with Gasteiger partial charge in [0.05, 0.1) is 11.6 Å². The molecule has 0 aliphatic heterocycles. The maximum atomic E-state index is 11.0. The molecule has 0 amide bonds. The number of benzene rings is 1. The zero-order chi connectivity index (χ0) is 14.0. The Balaban J connectivity index is 2.42. The van der Waals surface area contributed by atoms with E-state index in [4.69, 9.17) is 5.11 Å². The van der Waals surface area contributed by atoms with E-state index in [0.29, 0.717) is 6.42 Å². The van der Waals surface area contributed by atoms with Crippen molar-refractivity contribution in [1.29, 1.82) is 0 Å². The molecule has 100 valence electrons. The normalized spacial score (nSPS) is 12.4. The number of hydrogen-bond acceptors (Lipinski definition) is 2. The van der Waals surface area contributed by atoms with Crippen LogP contribution in [0.1, 0.15) is 18.2 Å². The first kappa shape index (κ1) is 13.3. The molecule has 19 heavy (non-hydrogen) atoms. The van der Waals surface area contributed by atoms with E-state index in [1.54, 1.807) is 11.6 Å². The number of nitrogens with zero attached hydrogens (tertiary/aromatic N) is 2. The lowest BCUT2D eigenvalue weighted by atomic mass is 9.97. The molecule has 0 radical (unpaired) electrons. The molecule has 0 saturated carbocycles. The summed E-state index contributed by atoms with van der Waals surface area (Å²) < 4.78 is 1.74. The summed E-state index contributed by atoms with van der Waals surface area (Å²) in [5, 5.41) is 13.4. The van der Waals surface area contributed by atoms with Gasteiger partial charge < -0.3 is 5.11 Å². The summed E-state index contributed by atoms with van der Waals surface area (Å²) in [7, 11) is 1.86. The Hall–Kier alpha value is -2.10. The van der Waals surface area contributed by atoms with Crippen LogP contribution in [-0.4, -0.2) is 20.9 Å². The average molecular weight is 258 g/mol. The summed E-state index contributed by atoms with van der Waals surface area (Å²) in [5.74, 6) is -1.22. The van der Waals surface area contributed by atoms with E-state index < -0.39 is 11.9 Å². The predicted molar refractivity (Wildman–Crippen MR) is 73.9 cm³/mol. The molecule has 2 rings (SSSR count). The Morgan fingerprint density at radius 2 is 2.05 bits per heavy atom. The molecule has 0 saturated heterocycles. The van der Waals surface area contributed by atoms with Crippen LogP contribution in [0, 0.1) is 12.8 Å². The first-order valence-corrected chi connectivity index (χ1v) is 6.30. The Bertz CT molecular complexity index is 602. The minimum Gasteiger partial charge on any atom is -0.481 e. The molecule has 1 aromatic carbocycles. The second-order valence-corrected chi connectivity index (χ2v) is 4.92. The van der Waals surface area contributed by atoms with Crippen molar-refractivity contribution in [3.8, 4) is 11.1 Å². The molecular weight excluding hydrogens is 240 g/mol. The topological polar surface area (TPSA) is 55.1 Å². The average Bonchev–Trinajstić information content (AvgIpc) is 2.70. The van der Waals surface area contributed by atoms with Crippen LogP contribution in [0.2, 0.25) is 0 Å². The first-order valence-electron chi connectivity index (χ1n) is 6.30. The van der Waals surface area contributed by atoms with E-state index in [9.17, 15) is 4.79 Å². The fourth-order valence-electron chi connectivity index (χ4n) is 2.16. The summed E-state index contributed by atoms with van der Waals surface area (Å²) in [4.78, 5) is 11.0. The molecule has 0 fully saturated rings. The minimum absolute atomic E-state index is 0.433. The van der Waals surface area contributed by atoms with Gasteiger partial charge in [-0.05, 0) is 18.1 Å². The molecule has 1 N–H and O–H groups in total. The van der Waals surface area contributed by atoms with E-state index >= 15 is 0 Å². The number of aryl methyl sites for hydroxylation is 2. The molecule has 0 spiro atoms. The summed E-state index contributed by atoms with van der Waals surface area (Å²) in [5.41, 5.74) is 4.14. The molecule has 2 aromatic rings. The zero-order valence-corrected chi connectivity index (χ0v) is 11.4. The van der Waals surface area contributed by atoms with E-state index in [2.05, 4.69) is 5.10 Å². The largest absolute Gasteiger partial charge is 0.481 e. The van der Waals surface area contributed by atoms with Crippen LogP contribution in [0.25, 0.3) is 11.1 Å². The molecule has 1 heterocycles. The fourth-order valence-corrected chi connectivity index (χ4v) is 2.16. The third-order valence-electron chi connectivity index (χ3n) is 3.26. The van der Waals surface area contributed by atoms with Crippen LogP contribution in [-0.2, 0) is 18.3 Å². The Kier molecular flexibility index (Phi) is 3.69. The maximum absolute atomic E-state index is 11.0. The van der Waals surface area contributed by atoms with Crippen molar-refractivity contribution < 1.29 is 9.90 Å². The molecule has 0 aliphatic carbocycles. The van der Waals surface area contributed by atoms with Gasteiger partial charge in [-0.25, -0.2) is 0 Å². The number of aromatic nitrogens is 2. The highest BCUT2D eigenvalue weighted by atomic mass is 16.4. The lowest BCUT2D eigenvalue weighted by Gasteiger charge is -2.08. The lowest BCUT2D eigenvalue weighted by Crippen LogP contribution is -2.13. The maximum Gasteiger partial charge on any atom is 0.306 e. The van der Waals surface area contributed by atoms with E-state index in [-0.39, 0.29) is 0 Å². The Morgan fingerprint density at radius 3 is 2.68 bits per heavy atom. The molecule has 4 nitrogen and oxygen atoms in total. The third-order valence-corrected chi connectivity index (χ3v) is 3.26. The quantitative estimate of drug-likeness (QED) is 0.917. The fraction of sp³-hybridized carbons (Fsp3) is 0.333. The van der Waals surface area contributed by atoms with Gasteiger partial charge in [-0.3, -0.25) is 9.48 Å². The first-order chi connectivity index (χ1) is 8.99. The molecule has 1 aromatic heterocycles. The summed E-state index contributed by atoms with van der Waals surface area (Å²) >= 11 is 0. The predicted octanol–water partition coefficient (Wildman–Crippen LogP) is 2.66. The van der Waals surface area contributed by atoms with Crippen molar-refractivity contribution in [2.45, 2.75) is 20.3 Å². The highest BCUT2D eigenvalue weighted by molar-refractivity contribution is 5.72. The number of carboxylic acid groups (broad SMARTS) is 1. The summed E-state index contributed by atoms with van der Waals surface area (Å²) in [6.45, 7) is 3.76. The molecule has 0 aliphatic rings. The SMILES string of the molecule is Cc1ccccc1-c1cn(C)nc1CC(C)C(=O)O. The lowest BCUT2D eigenvalue weighted by molar-refractivity contribution is -0.141. The van der Waals surface area contributed by atoms with Gasteiger partial charge in [-0.1, -0.05) is 31.2 Å². The molecular formula is C15H18N2O2. The second-order valence-electron chi connectivity index (χ2n) is 4.92. The highest BCUT2D eigenvalue weighted by Gasteiger charge is 2.18. The molecule has 0 bridgehead atoms. The van der Waals surface area contributed by atoms with Crippen molar-refractivity contribution in [2.75, 3.05) is 0 Å². The van der Waals surface area contributed by atoms with Crippen LogP contribution in [0.3, 0.4) is 0 Å². The van der Waals surface area contributed by atoms with E-state index in [0.717, 1.165) is 16.8 Å². The van der Waals surface area contributed by atoms with E-state index in [1.807, 2.05) is 44.4 Å². The standard InChI is InChI=1S/C15H18N2O2/c1-10-6-4-5-7-12(10)13-9-17(3)16-14(13)8-11(2)15(18)19/h4-7,9,11H,8H2,1-3H3,(H,18,19). The van der Waals surface area contributed by atoms with Crippen LogP contribution < -0.4 is 0 Å². The van der Waals surface area contributed by atoms with Gasteiger partial charge in [0.2, 0.25) is 0 Å². The Morgan fingerprint density at radius 1 is 1.37 bits per heavy atom. The number of aliphatic carboxylic acids is 1. The monoisotopic (exact) mass is 258 g/mol.